The second-order valence-electron chi connectivity index (χ2n) is 3.40. The van der Waals surface area contributed by atoms with E-state index in [-0.39, 0.29) is 0 Å². The number of nitrogens with zero attached hydrogens (tertiary/aromatic N) is 2. The maximum atomic E-state index is 5.42. The van der Waals surface area contributed by atoms with E-state index in [4.69, 9.17) is 4.74 Å². The number of rotatable bonds is 5. The molecular weight excluding hydrogens is 178 g/mol. The van der Waals surface area contributed by atoms with Gasteiger partial charge in [0.1, 0.15) is 12.4 Å². The summed E-state index contributed by atoms with van der Waals surface area (Å²) in [6, 6.07) is 2.26. The van der Waals surface area contributed by atoms with Gasteiger partial charge in [0, 0.05) is 24.8 Å². The average Bonchev–Trinajstić information content (AvgIpc) is 2.12. The predicted octanol–water partition coefficient (Wildman–Crippen LogP) is 1.16. The lowest BCUT2D eigenvalue weighted by molar-refractivity contribution is 0.296. The second-order valence-corrected chi connectivity index (χ2v) is 3.40. The summed E-state index contributed by atoms with van der Waals surface area (Å²) in [7, 11) is 0. The number of hydrogen-bond acceptors (Lipinski definition) is 4. The molecule has 0 fully saturated rings. The standard InChI is InChI=1S/C10H17N3O/c1-8(2)11-6-7-14-10-4-5-12-9(3)13-10/h4-5,8,11H,6-7H2,1-3H3. The van der Waals surface area contributed by atoms with Gasteiger partial charge in [-0.3, -0.25) is 0 Å². The molecule has 4 nitrogen and oxygen atoms in total. The molecule has 0 radical (unpaired) electrons. The van der Waals surface area contributed by atoms with Gasteiger partial charge in [-0.2, -0.15) is 4.98 Å². The molecule has 0 aliphatic rings. The van der Waals surface area contributed by atoms with Gasteiger partial charge in [-0.25, -0.2) is 4.98 Å². The van der Waals surface area contributed by atoms with Crippen molar-refractivity contribution >= 4 is 0 Å². The summed E-state index contributed by atoms with van der Waals surface area (Å²) in [4.78, 5) is 8.12. The molecule has 0 bridgehead atoms. The normalized spacial score (nSPS) is 10.6. The Labute approximate surface area is 84.7 Å². The fourth-order valence-electron chi connectivity index (χ4n) is 1.02. The molecular formula is C10H17N3O. The third kappa shape index (κ3) is 4.18. The molecule has 0 atom stereocenters. The third-order valence-electron chi connectivity index (χ3n) is 1.66. The molecule has 1 aromatic rings. The molecule has 0 aliphatic heterocycles. The van der Waals surface area contributed by atoms with Crippen LogP contribution in [0.25, 0.3) is 0 Å². The Morgan fingerprint density at radius 3 is 2.93 bits per heavy atom. The van der Waals surface area contributed by atoms with Crippen LogP contribution in [0, 0.1) is 6.92 Å². The lowest BCUT2D eigenvalue weighted by atomic mass is 10.4. The smallest absolute Gasteiger partial charge is 0.216 e. The first-order valence-corrected chi connectivity index (χ1v) is 4.84. The Hall–Kier alpha value is -1.16. The molecule has 4 heteroatoms. The SMILES string of the molecule is Cc1nccc(OCCNC(C)C)n1. The zero-order valence-electron chi connectivity index (χ0n) is 8.95. The number of nitrogens with one attached hydrogen (secondary N) is 1. The maximum absolute atomic E-state index is 5.42. The van der Waals surface area contributed by atoms with Gasteiger partial charge in [-0.05, 0) is 6.92 Å². The zero-order chi connectivity index (χ0) is 10.4. The Morgan fingerprint density at radius 2 is 2.29 bits per heavy atom. The lowest BCUT2D eigenvalue weighted by Crippen LogP contribution is -2.27. The summed E-state index contributed by atoms with van der Waals surface area (Å²) in [5.74, 6) is 1.38. The van der Waals surface area contributed by atoms with E-state index in [1.54, 1.807) is 12.3 Å². The van der Waals surface area contributed by atoms with Crippen LogP contribution in [0.15, 0.2) is 12.3 Å². The highest BCUT2D eigenvalue weighted by Crippen LogP contribution is 2.03. The molecule has 0 aliphatic carbocycles. The first kappa shape index (κ1) is 10.9. The van der Waals surface area contributed by atoms with Crippen LogP contribution in [0.2, 0.25) is 0 Å². The van der Waals surface area contributed by atoms with E-state index < -0.39 is 0 Å². The van der Waals surface area contributed by atoms with Crippen LogP contribution in [-0.2, 0) is 0 Å². The molecule has 1 heterocycles. The third-order valence-corrected chi connectivity index (χ3v) is 1.66. The molecule has 1 rings (SSSR count). The predicted molar refractivity (Wildman–Crippen MR) is 55.4 cm³/mol. The van der Waals surface area contributed by atoms with E-state index >= 15 is 0 Å². The van der Waals surface area contributed by atoms with Crippen molar-refractivity contribution in [2.75, 3.05) is 13.2 Å². The largest absolute Gasteiger partial charge is 0.476 e. The fraction of sp³-hybridized carbons (Fsp3) is 0.600. The van der Waals surface area contributed by atoms with Gasteiger partial charge < -0.3 is 10.1 Å². The number of aromatic nitrogens is 2. The van der Waals surface area contributed by atoms with Gasteiger partial charge >= 0.3 is 0 Å². The van der Waals surface area contributed by atoms with Gasteiger partial charge in [0.2, 0.25) is 5.88 Å². The van der Waals surface area contributed by atoms with Crippen molar-refractivity contribution in [2.24, 2.45) is 0 Å². The summed E-state index contributed by atoms with van der Waals surface area (Å²) in [6.07, 6.45) is 1.70. The molecule has 78 valence electrons. The van der Waals surface area contributed by atoms with Crippen LogP contribution in [0.4, 0.5) is 0 Å². The molecule has 0 aromatic carbocycles. The summed E-state index contributed by atoms with van der Waals surface area (Å²) < 4.78 is 5.42. The molecule has 14 heavy (non-hydrogen) atoms. The van der Waals surface area contributed by atoms with Gasteiger partial charge in [0.05, 0.1) is 0 Å². The summed E-state index contributed by atoms with van der Waals surface area (Å²) in [5, 5.41) is 3.26. The highest BCUT2D eigenvalue weighted by atomic mass is 16.5. The van der Waals surface area contributed by atoms with Crippen LogP contribution in [0.5, 0.6) is 5.88 Å². The van der Waals surface area contributed by atoms with E-state index in [1.165, 1.54) is 0 Å². The Morgan fingerprint density at radius 1 is 1.50 bits per heavy atom. The first-order valence-electron chi connectivity index (χ1n) is 4.84. The van der Waals surface area contributed by atoms with Crippen LogP contribution in [-0.4, -0.2) is 29.2 Å². The Bertz CT molecular complexity index is 276. The van der Waals surface area contributed by atoms with Crippen LogP contribution < -0.4 is 10.1 Å². The molecule has 0 saturated carbocycles. The molecule has 0 amide bonds. The highest BCUT2D eigenvalue weighted by Gasteiger charge is 1.96. The molecule has 1 N–H and O–H groups in total. The summed E-state index contributed by atoms with van der Waals surface area (Å²) >= 11 is 0. The van der Waals surface area contributed by atoms with Crippen molar-refractivity contribution in [1.82, 2.24) is 15.3 Å². The topological polar surface area (TPSA) is 47.0 Å². The quantitative estimate of drug-likeness (QED) is 0.716. The van der Waals surface area contributed by atoms with Crippen LogP contribution in [0.1, 0.15) is 19.7 Å². The Balaban J connectivity index is 2.25. The summed E-state index contributed by atoms with van der Waals surface area (Å²) in [6.45, 7) is 7.53. The van der Waals surface area contributed by atoms with E-state index in [0.29, 0.717) is 18.5 Å². The average molecular weight is 195 g/mol. The second kappa shape index (κ2) is 5.54. The minimum Gasteiger partial charge on any atom is -0.476 e. The van der Waals surface area contributed by atoms with Crippen molar-refractivity contribution in [3.63, 3.8) is 0 Å². The first-order chi connectivity index (χ1) is 6.68. The summed E-state index contributed by atoms with van der Waals surface area (Å²) in [5.41, 5.74) is 0. The maximum Gasteiger partial charge on any atom is 0.216 e. The van der Waals surface area contributed by atoms with Gasteiger partial charge in [0.15, 0.2) is 0 Å². The minimum atomic E-state index is 0.491. The zero-order valence-corrected chi connectivity index (χ0v) is 8.95. The highest BCUT2D eigenvalue weighted by molar-refractivity contribution is 5.07. The van der Waals surface area contributed by atoms with E-state index in [2.05, 4.69) is 29.1 Å². The van der Waals surface area contributed by atoms with Crippen molar-refractivity contribution in [1.29, 1.82) is 0 Å². The van der Waals surface area contributed by atoms with Crippen LogP contribution >= 0.6 is 0 Å². The van der Waals surface area contributed by atoms with E-state index in [9.17, 15) is 0 Å². The van der Waals surface area contributed by atoms with Gasteiger partial charge in [0.25, 0.3) is 0 Å². The van der Waals surface area contributed by atoms with Crippen molar-refractivity contribution < 1.29 is 4.74 Å². The minimum absolute atomic E-state index is 0.491. The Kier molecular flexibility index (Phi) is 4.32. The lowest BCUT2D eigenvalue weighted by Gasteiger charge is -2.08. The van der Waals surface area contributed by atoms with Crippen molar-refractivity contribution in [3.8, 4) is 5.88 Å². The number of hydrogen-bond donors (Lipinski definition) is 1. The van der Waals surface area contributed by atoms with Gasteiger partial charge in [-0.15, -0.1) is 0 Å². The van der Waals surface area contributed by atoms with Gasteiger partial charge in [-0.1, -0.05) is 13.8 Å². The number of ether oxygens (including phenoxy) is 1. The molecule has 0 unspecified atom stereocenters. The number of aryl methyl sites for hydroxylation is 1. The van der Waals surface area contributed by atoms with E-state index in [0.717, 1.165) is 12.4 Å². The van der Waals surface area contributed by atoms with Crippen LogP contribution in [0.3, 0.4) is 0 Å². The van der Waals surface area contributed by atoms with Crippen molar-refractivity contribution in [2.45, 2.75) is 26.8 Å². The van der Waals surface area contributed by atoms with E-state index in [1.807, 2.05) is 6.92 Å². The molecule has 0 spiro atoms. The fourth-order valence-corrected chi connectivity index (χ4v) is 1.02. The monoisotopic (exact) mass is 195 g/mol. The van der Waals surface area contributed by atoms with Crippen molar-refractivity contribution in [3.05, 3.63) is 18.1 Å². The molecule has 1 aromatic heterocycles. The molecule has 0 saturated heterocycles.